The number of piperazine rings is 1. The van der Waals surface area contributed by atoms with Crippen LogP contribution in [0.4, 0.5) is 0 Å². The normalized spacial score (nSPS) is 13.4. The van der Waals surface area contributed by atoms with Gasteiger partial charge >= 0.3 is 0 Å². The van der Waals surface area contributed by atoms with Crippen molar-refractivity contribution in [3.05, 3.63) is 89.9 Å². The zero-order valence-electron chi connectivity index (χ0n) is 18.8. The summed E-state index contributed by atoms with van der Waals surface area (Å²) >= 11 is 0. The maximum Gasteiger partial charge on any atom is 0.289 e. The Morgan fingerprint density at radius 3 is 2.15 bits per heavy atom. The Morgan fingerprint density at radius 1 is 0.824 bits per heavy atom. The van der Waals surface area contributed by atoms with E-state index in [0.717, 1.165) is 11.3 Å². The van der Waals surface area contributed by atoms with Gasteiger partial charge in [0.15, 0.2) is 5.76 Å². The average molecular weight is 462 g/mol. The van der Waals surface area contributed by atoms with Gasteiger partial charge < -0.3 is 24.3 Å². The van der Waals surface area contributed by atoms with Gasteiger partial charge in [0.1, 0.15) is 5.75 Å². The first kappa shape index (κ1) is 23.1. The van der Waals surface area contributed by atoms with Crippen LogP contribution in [-0.4, -0.2) is 60.3 Å². The number of hydrogen-bond acceptors (Lipinski definition) is 5. The first-order valence-electron chi connectivity index (χ1n) is 11.3. The molecule has 4 rings (SSSR count). The summed E-state index contributed by atoms with van der Waals surface area (Å²) in [4.78, 5) is 40.7. The van der Waals surface area contributed by atoms with Crippen molar-refractivity contribution in [2.75, 3.05) is 32.8 Å². The molecule has 8 nitrogen and oxygen atoms in total. The van der Waals surface area contributed by atoms with Gasteiger partial charge in [-0.2, -0.15) is 0 Å². The molecule has 2 heterocycles. The van der Waals surface area contributed by atoms with Crippen LogP contribution in [0.1, 0.15) is 32.9 Å². The Kier molecular flexibility index (Phi) is 7.60. The van der Waals surface area contributed by atoms with Crippen LogP contribution in [0, 0.1) is 0 Å². The summed E-state index contributed by atoms with van der Waals surface area (Å²) in [7, 11) is 0. The first-order valence-corrected chi connectivity index (χ1v) is 11.3. The molecule has 1 saturated heterocycles. The van der Waals surface area contributed by atoms with Crippen LogP contribution in [0.2, 0.25) is 0 Å². The Morgan fingerprint density at radius 2 is 1.50 bits per heavy atom. The smallest absolute Gasteiger partial charge is 0.289 e. The SMILES string of the molecule is O=C(CCOc1ccccc1)NCc1ccc(C(=O)N2CCN(C(=O)c3ccco3)CC2)cc1. The highest BCUT2D eigenvalue weighted by molar-refractivity contribution is 5.95. The van der Waals surface area contributed by atoms with Crippen LogP contribution in [0.5, 0.6) is 5.75 Å². The number of carbonyl (C=O) groups is 3. The predicted octanol–water partition coefficient (Wildman–Crippen LogP) is 2.96. The van der Waals surface area contributed by atoms with Crippen molar-refractivity contribution >= 4 is 17.7 Å². The number of furan rings is 1. The maximum atomic E-state index is 12.8. The third-order valence-corrected chi connectivity index (χ3v) is 5.62. The molecule has 3 amide bonds. The number of hydrogen-bond donors (Lipinski definition) is 1. The Labute approximate surface area is 198 Å². The lowest BCUT2D eigenvalue weighted by Crippen LogP contribution is -2.50. The van der Waals surface area contributed by atoms with E-state index in [2.05, 4.69) is 5.32 Å². The molecule has 0 bridgehead atoms. The molecule has 0 aliphatic carbocycles. The Balaban J connectivity index is 1.19. The van der Waals surface area contributed by atoms with Gasteiger partial charge in [-0.15, -0.1) is 0 Å². The van der Waals surface area contributed by atoms with Gasteiger partial charge in [-0.05, 0) is 42.0 Å². The van der Waals surface area contributed by atoms with Crippen molar-refractivity contribution in [3.8, 4) is 5.75 Å². The van der Waals surface area contributed by atoms with Gasteiger partial charge in [0.05, 0.1) is 19.3 Å². The van der Waals surface area contributed by atoms with Gasteiger partial charge in [-0.3, -0.25) is 14.4 Å². The van der Waals surface area contributed by atoms with E-state index < -0.39 is 0 Å². The molecule has 8 heteroatoms. The van der Waals surface area contributed by atoms with Crippen LogP contribution in [-0.2, 0) is 11.3 Å². The third kappa shape index (κ3) is 6.04. The molecule has 3 aromatic rings. The number of nitrogens with one attached hydrogen (secondary N) is 1. The van der Waals surface area contributed by atoms with E-state index in [1.54, 1.807) is 34.1 Å². The second kappa shape index (κ2) is 11.2. The molecule has 0 saturated carbocycles. The minimum atomic E-state index is -0.157. The lowest BCUT2D eigenvalue weighted by Gasteiger charge is -2.34. The van der Waals surface area contributed by atoms with E-state index in [1.165, 1.54) is 6.26 Å². The van der Waals surface area contributed by atoms with E-state index in [9.17, 15) is 14.4 Å². The highest BCUT2D eigenvalue weighted by Crippen LogP contribution is 2.13. The van der Waals surface area contributed by atoms with Crippen LogP contribution in [0.25, 0.3) is 0 Å². The number of nitrogens with zero attached hydrogens (tertiary/aromatic N) is 2. The van der Waals surface area contributed by atoms with Crippen LogP contribution in [0.3, 0.4) is 0 Å². The number of rotatable bonds is 8. The van der Waals surface area contributed by atoms with E-state index >= 15 is 0 Å². The molecule has 0 spiro atoms. The van der Waals surface area contributed by atoms with Crippen molar-refractivity contribution in [3.63, 3.8) is 0 Å². The zero-order valence-corrected chi connectivity index (χ0v) is 18.8. The number of para-hydroxylation sites is 1. The van der Waals surface area contributed by atoms with E-state index in [4.69, 9.17) is 9.15 Å². The number of amides is 3. The fourth-order valence-electron chi connectivity index (χ4n) is 3.68. The second-order valence-corrected chi connectivity index (χ2v) is 7.95. The minimum Gasteiger partial charge on any atom is -0.493 e. The third-order valence-electron chi connectivity index (χ3n) is 5.62. The average Bonchev–Trinajstić information content (AvgIpc) is 3.43. The van der Waals surface area contributed by atoms with Crippen LogP contribution in [0.15, 0.2) is 77.4 Å². The molecule has 34 heavy (non-hydrogen) atoms. The van der Waals surface area contributed by atoms with Gasteiger partial charge in [-0.25, -0.2) is 0 Å². The minimum absolute atomic E-state index is 0.0706. The summed E-state index contributed by atoms with van der Waals surface area (Å²) < 4.78 is 10.7. The fraction of sp³-hybridized carbons (Fsp3) is 0.269. The molecule has 1 N–H and O–H groups in total. The van der Waals surface area contributed by atoms with E-state index in [-0.39, 0.29) is 24.1 Å². The topological polar surface area (TPSA) is 92.1 Å². The second-order valence-electron chi connectivity index (χ2n) is 7.95. The Hall–Kier alpha value is -4.07. The molecule has 1 aromatic heterocycles. The molecule has 0 radical (unpaired) electrons. The van der Waals surface area contributed by atoms with Gasteiger partial charge in [0, 0.05) is 38.3 Å². The monoisotopic (exact) mass is 461 g/mol. The predicted molar refractivity (Wildman–Crippen MR) is 125 cm³/mol. The summed E-state index contributed by atoms with van der Waals surface area (Å²) in [6.45, 7) is 2.55. The zero-order chi connectivity index (χ0) is 23.8. The quantitative estimate of drug-likeness (QED) is 0.557. The maximum absolute atomic E-state index is 12.8. The van der Waals surface area contributed by atoms with Crippen molar-refractivity contribution < 1.29 is 23.5 Å². The number of benzene rings is 2. The fourth-order valence-corrected chi connectivity index (χ4v) is 3.68. The first-order chi connectivity index (χ1) is 16.6. The number of ether oxygens (including phenoxy) is 1. The summed E-state index contributed by atoms with van der Waals surface area (Å²) in [6.07, 6.45) is 1.74. The molecule has 0 unspecified atom stereocenters. The van der Waals surface area contributed by atoms with Gasteiger partial charge in [0.25, 0.3) is 11.8 Å². The van der Waals surface area contributed by atoms with Gasteiger partial charge in [0.2, 0.25) is 5.91 Å². The van der Waals surface area contributed by atoms with Gasteiger partial charge in [-0.1, -0.05) is 30.3 Å². The highest BCUT2D eigenvalue weighted by Gasteiger charge is 2.26. The largest absolute Gasteiger partial charge is 0.493 e. The summed E-state index contributed by atoms with van der Waals surface area (Å²) in [5.74, 6) is 0.721. The van der Waals surface area contributed by atoms with E-state index in [0.29, 0.717) is 50.7 Å². The molecule has 1 aliphatic heterocycles. The molecule has 1 aliphatic rings. The van der Waals surface area contributed by atoms with Crippen molar-refractivity contribution in [2.45, 2.75) is 13.0 Å². The molecule has 2 aromatic carbocycles. The van der Waals surface area contributed by atoms with E-state index in [1.807, 2.05) is 42.5 Å². The molecule has 176 valence electrons. The van der Waals surface area contributed by atoms with Crippen molar-refractivity contribution in [2.24, 2.45) is 0 Å². The summed E-state index contributed by atoms with van der Waals surface area (Å²) in [5.41, 5.74) is 1.49. The standard InChI is InChI=1S/C26H27N3O5/c30-24(12-18-33-22-5-2-1-3-6-22)27-19-20-8-10-21(11-9-20)25(31)28-13-15-29(16-14-28)26(32)23-7-4-17-34-23/h1-11,17H,12-16,18-19H2,(H,27,30). The summed E-state index contributed by atoms with van der Waals surface area (Å²) in [6, 6.07) is 19.9. The van der Waals surface area contributed by atoms with Crippen molar-refractivity contribution in [1.82, 2.24) is 15.1 Å². The molecule has 1 fully saturated rings. The molecular formula is C26H27N3O5. The molecule has 0 atom stereocenters. The van der Waals surface area contributed by atoms with Crippen LogP contribution < -0.4 is 10.1 Å². The number of carbonyl (C=O) groups excluding carboxylic acids is 3. The lowest BCUT2D eigenvalue weighted by molar-refractivity contribution is -0.121. The summed E-state index contributed by atoms with van der Waals surface area (Å²) in [5, 5.41) is 2.86. The highest BCUT2D eigenvalue weighted by atomic mass is 16.5. The Bertz CT molecular complexity index is 1090. The van der Waals surface area contributed by atoms with Crippen molar-refractivity contribution in [1.29, 1.82) is 0 Å². The van der Waals surface area contributed by atoms with Crippen LogP contribution >= 0.6 is 0 Å². The molecular weight excluding hydrogens is 434 g/mol. The lowest BCUT2D eigenvalue weighted by atomic mass is 10.1.